The molecule has 4 heteroatoms. The largest absolute Gasteiger partial charge is 0.481 e. The van der Waals surface area contributed by atoms with E-state index in [-0.39, 0.29) is 6.04 Å². The third-order valence-electron chi connectivity index (χ3n) is 3.04. The Balaban J connectivity index is 2.21. The first kappa shape index (κ1) is 13.5. The first-order chi connectivity index (χ1) is 9.22. The van der Waals surface area contributed by atoms with Crippen LogP contribution in [0.15, 0.2) is 36.4 Å². The SMILES string of the molecule is CNC(Cc1cc(OC)nc(C)n1)c1ccccc1. The molecule has 0 aliphatic carbocycles. The average molecular weight is 257 g/mol. The monoisotopic (exact) mass is 257 g/mol. The summed E-state index contributed by atoms with van der Waals surface area (Å²) in [6, 6.07) is 12.5. The molecule has 1 N–H and O–H groups in total. The lowest BCUT2D eigenvalue weighted by atomic mass is 10.0. The van der Waals surface area contributed by atoms with Crippen LogP contribution in [0.2, 0.25) is 0 Å². The molecule has 2 aromatic rings. The van der Waals surface area contributed by atoms with Crippen molar-refractivity contribution in [1.29, 1.82) is 0 Å². The maximum atomic E-state index is 5.19. The Morgan fingerprint density at radius 2 is 1.95 bits per heavy atom. The first-order valence-electron chi connectivity index (χ1n) is 6.33. The summed E-state index contributed by atoms with van der Waals surface area (Å²) < 4.78 is 5.19. The van der Waals surface area contributed by atoms with E-state index in [0.29, 0.717) is 5.88 Å². The second-order valence-corrected chi connectivity index (χ2v) is 4.40. The molecule has 19 heavy (non-hydrogen) atoms. The van der Waals surface area contributed by atoms with Crippen LogP contribution >= 0.6 is 0 Å². The van der Waals surface area contributed by atoms with Gasteiger partial charge in [0.2, 0.25) is 5.88 Å². The van der Waals surface area contributed by atoms with Crippen molar-refractivity contribution in [1.82, 2.24) is 15.3 Å². The molecule has 1 atom stereocenters. The van der Waals surface area contributed by atoms with Gasteiger partial charge in [-0.3, -0.25) is 0 Å². The van der Waals surface area contributed by atoms with Crippen molar-refractivity contribution in [2.24, 2.45) is 0 Å². The highest BCUT2D eigenvalue weighted by Crippen LogP contribution is 2.18. The van der Waals surface area contributed by atoms with E-state index in [1.165, 1.54) is 5.56 Å². The standard InChI is InChI=1S/C15H19N3O/c1-11-17-13(10-15(18-11)19-3)9-14(16-2)12-7-5-4-6-8-12/h4-8,10,14,16H,9H2,1-3H3. The summed E-state index contributed by atoms with van der Waals surface area (Å²) in [6.45, 7) is 1.88. The predicted octanol–water partition coefficient (Wildman–Crippen LogP) is 2.30. The van der Waals surface area contributed by atoms with Gasteiger partial charge in [0.05, 0.1) is 7.11 Å². The predicted molar refractivity (Wildman–Crippen MR) is 75.3 cm³/mol. The number of rotatable bonds is 5. The van der Waals surface area contributed by atoms with Crippen LogP contribution in [-0.2, 0) is 6.42 Å². The third kappa shape index (κ3) is 3.51. The average Bonchev–Trinajstić information content (AvgIpc) is 2.45. The maximum absolute atomic E-state index is 5.19. The second-order valence-electron chi connectivity index (χ2n) is 4.40. The second kappa shape index (κ2) is 6.29. The molecule has 4 nitrogen and oxygen atoms in total. The molecule has 1 heterocycles. The van der Waals surface area contributed by atoms with Crippen molar-refractivity contribution < 1.29 is 4.74 Å². The molecule has 0 amide bonds. The third-order valence-corrected chi connectivity index (χ3v) is 3.04. The van der Waals surface area contributed by atoms with Crippen LogP contribution in [-0.4, -0.2) is 24.1 Å². The number of aromatic nitrogens is 2. The van der Waals surface area contributed by atoms with Crippen LogP contribution in [0.3, 0.4) is 0 Å². The van der Waals surface area contributed by atoms with Crippen LogP contribution in [0.4, 0.5) is 0 Å². The summed E-state index contributed by atoms with van der Waals surface area (Å²) in [4.78, 5) is 8.67. The van der Waals surface area contributed by atoms with E-state index in [9.17, 15) is 0 Å². The molecular formula is C15H19N3O. The van der Waals surface area contributed by atoms with Crippen LogP contribution in [0.5, 0.6) is 5.88 Å². The Kier molecular flexibility index (Phi) is 4.47. The van der Waals surface area contributed by atoms with Crippen molar-refractivity contribution >= 4 is 0 Å². The molecule has 0 aliphatic heterocycles. The van der Waals surface area contributed by atoms with E-state index < -0.39 is 0 Å². The Morgan fingerprint density at radius 1 is 1.21 bits per heavy atom. The van der Waals surface area contributed by atoms with Gasteiger partial charge in [0, 0.05) is 24.2 Å². The summed E-state index contributed by atoms with van der Waals surface area (Å²) in [5.41, 5.74) is 2.23. The first-order valence-corrected chi connectivity index (χ1v) is 6.33. The van der Waals surface area contributed by atoms with E-state index in [2.05, 4.69) is 27.4 Å². The number of hydrogen-bond donors (Lipinski definition) is 1. The Hall–Kier alpha value is -1.94. The van der Waals surface area contributed by atoms with E-state index in [0.717, 1.165) is 17.9 Å². The number of nitrogens with one attached hydrogen (secondary N) is 1. The zero-order valence-electron chi connectivity index (χ0n) is 11.6. The smallest absolute Gasteiger partial charge is 0.216 e. The van der Waals surface area contributed by atoms with E-state index >= 15 is 0 Å². The molecular weight excluding hydrogens is 238 g/mol. The van der Waals surface area contributed by atoms with Crippen molar-refractivity contribution in [3.8, 4) is 5.88 Å². The van der Waals surface area contributed by atoms with Crippen LogP contribution in [0.25, 0.3) is 0 Å². The number of likely N-dealkylation sites (N-methyl/N-ethyl adjacent to an activating group) is 1. The van der Waals surface area contributed by atoms with Gasteiger partial charge < -0.3 is 10.1 Å². The molecule has 0 radical (unpaired) electrons. The van der Waals surface area contributed by atoms with Crippen LogP contribution in [0.1, 0.15) is 23.1 Å². The van der Waals surface area contributed by atoms with Crippen molar-refractivity contribution in [2.75, 3.05) is 14.2 Å². The molecule has 0 spiro atoms. The fourth-order valence-corrected chi connectivity index (χ4v) is 2.09. The summed E-state index contributed by atoms with van der Waals surface area (Å²) in [5.74, 6) is 1.35. The Morgan fingerprint density at radius 3 is 2.58 bits per heavy atom. The van der Waals surface area contributed by atoms with Crippen LogP contribution < -0.4 is 10.1 Å². The molecule has 0 saturated heterocycles. The lowest BCUT2D eigenvalue weighted by molar-refractivity contribution is 0.394. The molecule has 0 aliphatic rings. The number of aryl methyl sites for hydroxylation is 1. The fraction of sp³-hybridized carbons (Fsp3) is 0.333. The van der Waals surface area contributed by atoms with Gasteiger partial charge >= 0.3 is 0 Å². The minimum Gasteiger partial charge on any atom is -0.481 e. The number of ether oxygens (including phenoxy) is 1. The number of nitrogens with zero attached hydrogens (tertiary/aromatic N) is 2. The summed E-state index contributed by atoms with van der Waals surface area (Å²) in [5, 5.41) is 3.32. The van der Waals surface area contributed by atoms with E-state index in [1.54, 1.807) is 7.11 Å². The minimum absolute atomic E-state index is 0.236. The van der Waals surface area contributed by atoms with Gasteiger partial charge in [-0.15, -0.1) is 0 Å². The molecule has 1 unspecified atom stereocenters. The van der Waals surface area contributed by atoms with E-state index in [4.69, 9.17) is 4.74 Å². The fourth-order valence-electron chi connectivity index (χ4n) is 2.09. The van der Waals surface area contributed by atoms with Gasteiger partial charge in [-0.2, -0.15) is 4.98 Å². The Bertz CT molecular complexity index is 528. The lowest BCUT2D eigenvalue weighted by Crippen LogP contribution is -2.19. The molecule has 0 saturated carbocycles. The zero-order chi connectivity index (χ0) is 13.7. The number of hydrogen-bond acceptors (Lipinski definition) is 4. The van der Waals surface area contributed by atoms with Gasteiger partial charge in [0.15, 0.2) is 0 Å². The van der Waals surface area contributed by atoms with Crippen molar-refractivity contribution in [3.63, 3.8) is 0 Å². The quantitative estimate of drug-likeness (QED) is 0.892. The highest BCUT2D eigenvalue weighted by atomic mass is 16.5. The van der Waals surface area contributed by atoms with Crippen LogP contribution in [0, 0.1) is 6.92 Å². The molecule has 2 rings (SSSR count). The lowest BCUT2D eigenvalue weighted by Gasteiger charge is -2.16. The summed E-state index contributed by atoms with van der Waals surface area (Å²) >= 11 is 0. The van der Waals surface area contributed by atoms with Gasteiger partial charge in [0.1, 0.15) is 5.82 Å². The topological polar surface area (TPSA) is 47.0 Å². The van der Waals surface area contributed by atoms with Gasteiger partial charge in [0.25, 0.3) is 0 Å². The van der Waals surface area contributed by atoms with Gasteiger partial charge in [-0.05, 0) is 19.5 Å². The maximum Gasteiger partial charge on any atom is 0.216 e. The normalized spacial score (nSPS) is 12.2. The van der Waals surface area contributed by atoms with Crippen molar-refractivity contribution in [3.05, 3.63) is 53.5 Å². The molecule has 100 valence electrons. The molecule has 0 bridgehead atoms. The molecule has 0 fully saturated rings. The Labute approximate surface area is 113 Å². The van der Waals surface area contributed by atoms with Gasteiger partial charge in [-0.25, -0.2) is 4.98 Å². The highest BCUT2D eigenvalue weighted by Gasteiger charge is 2.12. The summed E-state index contributed by atoms with van der Waals surface area (Å²) in [6.07, 6.45) is 0.806. The molecule has 1 aromatic carbocycles. The molecule has 1 aromatic heterocycles. The number of benzene rings is 1. The highest BCUT2D eigenvalue weighted by molar-refractivity contribution is 5.23. The van der Waals surface area contributed by atoms with Crippen molar-refractivity contribution in [2.45, 2.75) is 19.4 Å². The van der Waals surface area contributed by atoms with E-state index in [1.807, 2.05) is 38.2 Å². The summed E-state index contributed by atoms with van der Waals surface area (Å²) in [7, 11) is 3.58. The van der Waals surface area contributed by atoms with Gasteiger partial charge in [-0.1, -0.05) is 30.3 Å². The minimum atomic E-state index is 0.236. The number of methoxy groups -OCH3 is 1. The zero-order valence-corrected chi connectivity index (χ0v) is 11.6.